The van der Waals surface area contributed by atoms with Crippen LogP contribution in [0.25, 0.3) is 0 Å². The molecule has 1 fully saturated rings. The van der Waals surface area contributed by atoms with Crippen molar-refractivity contribution in [2.75, 3.05) is 23.2 Å². The van der Waals surface area contributed by atoms with Crippen molar-refractivity contribution in [2.24, 2.45) is 5.16 Å². The lowest BCUT2D eigenvalue weighted by atomic mass is 10.5. The van der Waals surface area contributed by atoms with E-state index in [4.69, 9.17) is 0 Å². The fourth-order valence-electron chi connectivity index (χ4n) is 0.558. The molecule has 0 aromatic rings. The third-order valence-electron chi connectivity index (χ3n) is 1.03. The predicted molar refractivity (Wildman–Crippen MR) is 48.8 cm³/mol. The monoisotopic (exact) mass is 177 g/mol. The molecule has 58 valence electrons. The second-order valence-electron chi connectivity index (χ2n) is 1.84. The maximum absolute atomic E-state index is 4.51. The van der Waals surface area contributed by atoms with Crippen molar-refractivity contribution in [3.63, 3.8) is 0 Å². The summed E-state index contributed by atoms with van der Waals surface area (Å²) in [6, 6.07) is 0. The average Bonchev–Trinajstić information content (AvgIpc) is 2.67. The Bertz CT molecular complexity index is 90.3. The van der Waals surface area contributed by atoms with E-state index in [0.29, 0.717) is 0 Å². The lowest BCUT2D eigenvalue weighted by Gasteiger charge is -1.76. The second-order valence-corrected chi connectivity index (χ2v) is 4.42. The molecule has 2 aliphatic rings. The van der Waals surface area contributed by atoms with Gasteiger partial charge in [-0.25, -0.2) is 0 Å². The summed E-state index contributed by atoms with van der Waals surface area (Å²) in [4.78, 5) is 4.51. The minimum Gasteiger partial charge on any atom is -0.396 e. The third-order valence-corrected chi connectivity index (χ3v) is 3.60. The van der Waals surface area contributed by atoms with Crippen LogP contribution >= 0.6 is 23.5 Å². The molecule has 0 bridgehead atoms. The van der Waals surface area contributed by atoms with Crippen molar-refractivity contribution >= 4 is 29.7 Å². The number of oxime groups is 1. The van der Waals surface area contributed by atoms with Crippen molar-refractivity contribution in [3.8, 4) is 0 Å². The molecule has 0 aromatic heterocycles. The van der Waals surface area contributed by atoms with Crippen LogP contribution in [-0.4, -0.2) is 29.4 Å². The maximum Gasteiger partial charge on any atom is 0.122 e. The summed E-state index contributed by atoms with van der Waals surface area (Å²) >= 11 is 4.07. The molecule has 1 saturated heterocycles. The second kappa shape index (κ2) is 5.92. The van der Waals surface area contributed by atoms with E-state index in [0.717, 1.165) is 13.0 Å². The molecule has 2 heterocycles. The Morgan fingerprint density at radius 1 is 1.30 bits per heavy atom. The smallest absolute Gasteiger partial charge is 0.122 e. The van der Waals surface area contributed by atoms with Crippen LogP contribution in [0.1, 0.15) is 6.42 Å². The molecule has 0 amide bonds. The molecular formula is C6H11NOS2. The van der Waals surface area contributed by atoms with Gasteiger partial charge in [-0.15, -0.1) is 0 Å². The third kappa shape index (κ3) is 4.06. The molecule has 0 spiro atoms. The molecule has 0 aromatic carbocycles. The summed E-state index contributed by atoms with van der Waals surface area (Å²) in [6.45, 7) is 0.778. The average molecular weight is 177 g/mol. The predicted octanol–water partition coefficient (Wildman–Crippen LogP) is 1.82. The van der Waals surface area contributed by atoms with E-state index in [9.17, 15) is 0 Å². The van der Waals surface area contributed by atoms with Gasteiger partial charge < -0.3 is 4.84 Å². The first-order valence-electron chi connectivity index (χ1n) is 3.29. The van der Waals surface area contributed by atoms with Gasteiger partial charge in [0, 0.05) is 29.2 Å². The first-order chi connectivity index (χ1) is 5.00. The summed E-state index contributed by atoms with van der Waals surface area (Å²) in [6.07, 6.45) is 2.75. The highest BCUT2D eigenvalue weighted by atomic mass is 32.2. The van der Waals surface area contributed by atoms with E-state index in [1.54, 1.807) is 6.21 Å². The zero-order chi connectivity index (χ0) is 7.07. The lowest BCUT2D eigenvalue weighted by Crippen LogP contribution is -1.72. The van der Waals surface area contributed by atoms with Crippen molar-refractivity contribution in [1.29, 1.82) is 0 Å². The molecule has 0 unspecified atom stereocenters. The van der Waals surface area contributed by atoms with Gasteiger partial charge in [0.1, 0.15) is 6.61 Å². The molecule has 2 aliphatic heterocycles. The highest BCUT2D eigenvalue weighted by Gasteiger charge is 1.95. The van der Waals surface area contributed by atoms with Gasteiger partial charge >= 0.3 is 0 Å². The van der Waals surface area contributed by atoms with E-state index in [2.05, 4.69) is 9.99 Å². The minimum atomic E-state index is 0.778. The van der Waals surface area contributed by atoms with Crippen molar-refractivity contribution in [2.45, 2.75) is 6.42 Å². The lowest BCUT2D eigenvalue weighted by molar-refractivity contribution is 0.174. The van der Waals surface area contributed by atoms with E-state index < -0.39 is 0 Å². The molecule has 0 aliphatic carbocycles. The zero-order valence-electron chi connectivity index (χ0n) is 5.78. The highest BCUT2D eigenvalue weighted by Crippen LogP contribution is 2.20. The topological polar surface area (TPSA) is 21.6 Å². The molecule has 0 saturated carbocycles. The standard InChI is InChI=1S/C3H5NO.C3H6S2/c1-2-4-5-3-1;1-2-5-3-4-1/h2H,1,3H2;1-3H2. The van der Waals surface area contributed by atoms with Gasteiger partial charge in [0.25, 0.3) is 0 Å². The molecule has 0 atom stereocenters. The number of hydrogen-bond acceptors (Lipinski definition) is 4. The Morgan fingerprint density at radius 3 is 2.30 bits per heavy atom. The van der Waals surface area contributed by atoms with Crippen molar-refractivity contribution in [1.82, 2.24) is 0 Å². The molecule has 0 radical (unpaired) electrons. The van der Waals surface area contributed by atoms with E-state index in [1.807, 2.05) is 23.5 Å². The normalized spacial score (nSPS) is 21.6. The molecule has 2 nitrogen and oxygen atoms in total. The quantitative estimate of drug-likeness (QED) is 0.563. The van der Waals surface area contributed by atoms with Crippen molar-refractivity contribution < 1.29 is 4.84 Å². The molecule has 4 heteroatoms. The summed E-state index contributed by atoms with van der Waals surface area (Å²) in [5, 5.41) is 4.79. The number of rotatable bonds is 0. The zero-order valence-corrected chi connectivity index (χ0v) is 7.42. The molecule has 2 rings (SSSR count). The van der Waals surface area contributed by atoms with Gasteiger partial charge in [-0.05, 0) is 0 Å². The van der Waals surface area contributed by atoms with Gasteiger partial charge in [0.15, 0.2) is 0 Å². The van der Waals surface area contributed by atoms with Gasteiger partial charge in [-0.1, -0.05) is 5.16 Å². The van der Waals surface area contributed by atoms with Crippen LogP contribution in [-0.2, 0) is 4.84 Å². The van der Waals surface area contributed by atoms with Crippen molar-refractivity contribution in [3.05, 3.63) is 0 Å². The van der Waals surface area contributed by atoms with Crippen LogP contribution in [0, 0.1) is 0 Å². The van der Waals surface area contributed by atoms with Gasteiger partial charge in [0.2, 0.25) is 0 Å². The SMILES string of the molecule is C1=NOCC1.C1CSCS1. The highest BCUT2D eigenvalue weighted by molar-refractivity contribution is 8.19. The molecule has 10 heavy (non-hydrogen) atoms. The van der Waals surface area contributed by atoms with Gasteiger partial charge in [-0.2, -0.15) is 23.5 Å². The largest absolute Gasteiger partial charge is 0.396 e. The summed E-state index contributed by atoms with van der Waals surface area (Å²) < 4.78 is 0. The van der Waals surface area contributed by atoms with Gasteiger partial charge in [-0.3, -0.25) is 0 Å². The number of thioether (sulfide) groups is 2. The maximum atomic E-state index is 4.51. The first kappa shape index (κ1) is 8.27. The number of nitrogens with zero attached hydrogens (tertiary/aromatic N) is 1. The fourth-order valence-corrected chi connectivity index (χ4v) is 2.92. The Balaban J connectivity index is 0.0000001000. The Hall–Kier alpha value is 0.170. The van der Waals surface area contributed by atoms with E-state index >= 15 is 0 Å². The Labute approximate surface area is 69.8 Å². The molecular weight excluding hydrogens is 166 g/mol. The van der Waals surface area contributed by atoms with Crippen LogP contribution in [0.4, 0.5) is 0 Å². The van der Waals surface area contributed by atoms with Crippen LogP contribution in [0.5, 0.6) is 0 Å². The van der Waals surface area contributed by atoms with Crippen LogP contribution in [0.2, 0.25) is 0 Å². The van der Waals surface area contributed by atoms with Crippen LogP contribution in [0.3, 0.4) is 0 Å². The number of hydrogen-bond donors (Lipinski definition) is 0. The van der Waals surface area contributed by atoms with Crippen LogP contribution in [0.15, 0.2) is 5.16 Å². The summed E-state index contributed by atoms with van der Waals surface area (Å²) in [5.41, 5.74) is 0. The Morgan fingerprint density at radius 2 is 2.10 bits per heavy atom. The summed E-state index contributed by atoms with van der Waals surface area (Å²) in [5.74, 6) is 2.76. The summed E-state index contributed by atoms with van der Waals surface area (Å²) in [7, 11) is 0. The van der Waals surface area contributed by atoms with Crippen LogP contribution < -0.4 is 0 Å². The Kier molecular flexibility index (Phi) is 4.89. The first-order valence-corrected chi connectivity index (χ1v) is 5.60. The van der Waals surface area contributed by atoms with Gasteiger partial charge in [0.05, 0.1) is 0 Å². The molecule has 0 N–H and O–H groups in total. The fraction of sp³-hybridized carbons (Fsp3) is 0.833. The minimum absolute atomic E-state index is 0.778. The van der Waals surface area contributed by atoms with E-state index in [-0.39, 0.29) is 0 Å². The van der Waals surface area contributed by atoms with E-state index in [1.165, 1.54) is 16.6 Å².